The highest BCUT2D eigenvalue weighted by atomic mass is 32.2. The fourth-order valence-electron chi connectivity index (χ4n) is 2.79. The maximum atomic E-state index is 12.7. The molecule has 0 radical (unpaired) electrons. The minimum atomic E-state index is -3.46. The highest BCUT2D eigenvalue weighted by Gasteiger charge is 2.24. The predicted octanol–water partition coefficient (Wildman–Crippen LogP) is 0.633. The van der Waals surface area contributed by atoms with Gasteiger partial charge in [0.2, 0.25) is 15.9 Å². The van der Waals surface area contributed by atoms with E-state index in [1.54, 1.807) is 4.90 Å². The minimum Gasteiger partial charge on any atom is -0.379 e. The van der Waals surface area contributed by atoms with Crippen LogP contribution in [0.2, 0.25) is 0 Å². The van der Waals surface area contributed by atoms with Gasteiger partial charge in [0.1, 0.15) is 0 Å². The van der Waals surface area contributed by atoms with Crippen molar-refractivity contribution in [3.8, 4) is 0 Å². The minimum absolute atomic E-state index is 0.147. The number of benzene rings is 1. The van der Waals surface area contributed by atoms with Crippen LogP contribution < -0.4 is 4.90 Å². The molecule has 1 heterocycles. The Bertz CT molecular complexity index is 645. The predicted molar refractivity (Wildman–Crippen MR) is 98.1 cm³/mol. The van der Waals surface area contributed by atoms with Crippen molar-refractivity contribution in [3.05, 3.63) is 30.3 Å². The van der Waals surface area contributed by atoms with Crippen LogP contribution >= 0.6 is 0 Å². The SMILES string of the molecule is CCN(C(=O)CN(CCN1CCOCC1)S(C)(=O)=O)c1ccccc1. The smallest absolute Gasteiger partial charge is 0.242 e. The first-order valence-electron chi connectivity index (χ1n) is 8.52. The Hall–Kier alpha value is -1.48. The Labute approximate surface area is 150 Å². The zero-order valence-electron chi connectivity index (χ0n) is 14.9. The van der Waals surface area contributed by atoms with Gasteiger partial charge in [-0.05, 0) is 19.1 Å². The molecule has 0 atom stereocenters. The molecule has 0 aromatic heterocycles. The van der Waals surface area contributed by atoms with Gasteiger partial charge >= 0.3 is 0 Å². The molecule has 140 valence electrons. The van der Waals surface area contributed by atoms with Crippen molar-refractivity contribution in [2.24, 2.45) is 0 Å². The number of amides is 1. The number of hydrogen-bond acceptors (Lipinski definition) is 5. The van der Waals surface area contributed by atoms with Crippen LogP contribution in [0.3, 0.4) is 0 Å². The van der Waals surface area contributed by atoms with Crippen molar-refractivity contribution in [1.82, 2.24) is 9.21 Å². The van der Waals surface area contributed by atoms with Gasteiger partial charge < -0.3 is 9.64 Å². The zero-order chi connectivity index (χ0) is 18.3. The molecule has 1 amide bonds. The Balaban J connectivity index is 2.01. The van der Waals surface area contributed by atoms with Crippen LogP contribution in [0.25, 0.3) is 0 Å². The average molecular weight is 369 g/mol. The molecule has 0 aliphatic carbocycles. The molecule has 8 heteroatoms. The van der Waals surface area contributed by atoms with Gasteiger partial charge in [-0.15, -0.1) is 0 Å². The molecule has 2 rings (SSSR count). The van der Waals surface area contributed by atoms with E-state index < -0.39 is 10.0 Å². The van der Waals surface area contributed by atoms with E-state index in [2.05, 4.69) is 4.90 Å². The number of hydrogen-bond donors (Lipinski definition) is 0. The third-order valence-electron chi connectivity index (χ3n) is 4.24. The number of morpholine rings is 1. The summed E-state index contributed by atoms with van der Waals surface area (Å²) in [4.78, 5) is 16.4. The fraction of sp³-hybridized carbons (Fsp3) is 0.588. The van der Waals surface area contributed by atoms with E-state index >= 15 is 0 Å². The van der Waals surface area contributed by atoms with E-state index in [0.29, 0.717) is 32.8 Å². The molecule has 7 nitrogen and oxygen atoms in total. The first-order chi connectivity index (χ1) is 11.9. The molecular formula is C17H27N3O4S. The first-order valence-corrected chi connectivity index (χ1v) is 10.4. The zero-order valence-corrected chi connectivity index (χ0v) is 15.7. The number of para-hydroxylation sites is 1. The quantitative estimate of drug-likeness (QED) is 0.672. The van der Waals surface area contributed by atoms with Gasteiger partial charge in [0.05, 0.1) is 26.0 Å². The number of carbonyl (C=O) groups excluding carboxylic acids is 1. The average Bonchev–Trinajstić information content (AvgIpc) is 2.60. The highest BCUT2D eigenvalue weighted by molar-refractivity contribution is 7.88. The summed E-state index contributed by atoms with van der Waals surface area (Å²) in [6.45, 7) is 6.02. The van der Waals surface area contributed by atoms with Crippen molar-refractivity contribution < 1.29 is 17.9 Å². The van der Waals surface area contributed by atoms with Gasteiger partial charge in [-0.1, -0.05) is 18.2 Å². The van der Waals surface area contributed by atoms with Gasteiger partial charge in [-0.3, -0.25) is 9.69 Å². The summed E-state index contributed by atoms with van der Waals surface area (Å²) in [5.74, 6) is -0.221. The summed E-state index contributed by atoms with van der Waals surface area (Å²) in [6, 6.07) is 9.29. The topological polar surface area (TPSA) is 70.2 Å². The summed E-state index contributed by atoms with van der Waals surface area (Å²) in [7, 11) is -3.46. The lowest BCUT2D eigenvalue weighted by Crippen LogP contribution is -2.47. The van der Waals surface area contributed by atoms with Crippen LogP contribution in [0.5, 0.6) is 0 Å². The number of sulfonamides is 1. The second-order valence-corrected chi connectivity index (χ2v) is 8.01. The molecule has 0 bridgehead atoms. The number of carbonyl (C=O) groups is 1. The van der Waals surface area contributed by atoms with Crippen molar-refractivity contribution in [2.75, 3.05) is 63.6 Å². The largest absolute Gasteiger partial charge is 0.379 e. The Morgan fingerprint density at radius 1 is 1.20 bits per heavy atom. The number of rotatable bonds is 8. The maximum Gasteiger partial charge on any atom is 0.242 e. The van der Waals surface area contributed by atoms with E-state index in [1.807, 2.05) is 37.3 Å². The number of anilines is 1. The molecule has 0 saturated carbocycles. The lowest BCUT2D eigenvalue weighted by molar-refractivity contribution is -0.118. The molecule has 0 spiro atoms. The molecule has 1 aromatic rings. The molecular weight excluding hydrogens is 342 g/mol. The molecule has 1 saturated heterocycles. The Kier molecular flexibility index (Phi) is 7.37. The van der Waals surface area contributed by atoms with Gasteiger partial charge in [0.25, 0.3) is 0 Å². The second kappa shape index (κ2) is 9.28. The van der Waals surface area contributed by atoms with Crippen molar-refractivity contribution >= 4 is 21.6 Å². The maximum absolute atomic E-state index is 12.7. The van der Waals surface area contributed by atoms with Crippen LogP contribution in [0.15, 0.2) is 30.3 Å². The molecule has 1 fully saturated rings. The normalized spacial score (nSPS) is 16.1. The molecule has 1 aliphatic rings. The van der Waals surface area contributed by atoms with Gasteiger partial charge in [0, 0.05) is 38.4 Å². The van der Waals surface area contributed by atoms with Crippen molar-refractivity contribution in [2.45, 2.75) is 6.92 Å². The molecule has 1 aromatic carbocycles. The van der Waals surface area contributed by atoms with Gasteiger partial charge in [-0.2, -0.15) is 4.31 Å². The lowest BCUT2D eigenvalue weighted by atomic mass is 10.3. The standard InChI is InChI=1S/C17H27N3O4S/c1-3-20(16-7-5-4-6-8-16)17(21)15-19(25(2,22)23)10-9-18-11-13-24-14-12-18/h4-8H,3,9-15H2,1-2H3. The third kappa shape index (κ3) is 6.07. The van der Waals surface area contributed by atoms with Crippen LogP contribution in [0, 0.1) is 0 Å². The summed E-state index contributed by atoms with van der Waals surface area (Å²) in [5.41, 5.74) is 0.775. The summed E-state index contributed by atoms with van der Waals surface area (Å²) >= 11 is 0. The summed E-state index contributed by atoms with van der Waals surface area (Å²) in [6.07, 6.45) is 1.15. The summed E-state index contributed by atoms with van der Waals surface area (Å²) < 4.78 is 30.8. The molecule has 25 heavy (non-hydrogen) atoms. The lowest BCUT2D eigenvalue weighted by Gasteiger charge is -2.30. The monoisotopic (exact) mass is 369 g/mol. The van der Waals surface area contributed by atoms with Crippen LogP contribution in [-0.2, 0) is 19.6 Å². The van der Waals surface area contributed by atoms with E-state index in [4.69, 9.17) is 4.74 Å². The van der Waals surface area contributed by atoms with Crippen LogP contribution in [0.4, 0.5) is 5.69 Å². The van der Waals surface area contributed by atoms with E-state index in [9.17, 15) is 13.2 Å². The first kappa shape index (κ1) is 19.8. The van der Waals surface area contributed by atoms with Crippen molar-refractivity contribution in [1.29, 1.82) is 0 Å². The highest BCUT2D eigenvalue weighted by Crippen LogP contribution is 2.14. The number of likely N-dealkylation sites (N-methyl/N-ethyl adjacent to an activating group) is 1. The van der Waals surface area contributed by atoms with Crippen LogP contribution in [0.1, 0.15) is 6.92 Å². The molecule has 1 aliphatic heterocycles. The summed E-state index contributed by atoms with van der Waals surface area (Å²) in [5, 5.41) is 0. The number of ether oxygens (including phenoxy) is 1. The van der Waals surface area contributed by atoms with Crippen LogP contribution in [-0.4, -0.2) is 82.3 Å². The Morgan fingerprint density at radius 2 is 1.84 bits per heavy atom. The Morgan fingerprint density at radius 3 is 2.40 bits per heavy atom. The fourth-order valence-corrected chi connectivity index (χ4v) is 3.55. The van der Waals surface area contributed by atoms with Gasteiger partial charge in [0.15, 0.2) is 0 Å². The molecule has 0 N–H and O–H groups in total. The van der Waals surface area contributed by atoms with Gasteiger partial charge in [-0.25, -0.2) is 8.42 Å². The van der Waals surface area contributed by atoms with Crippen molar-refractivity contribution in [3.63, 3.8) is 0 Å². The van der Waals surface area contributed by atoms with E-state index in [1.165, 1.54) is 4.31 Å². The number of nitrogens with zero attached hydrogens (tertiary/aromatic N) is 3. The second-order valence-electron chi connectivity index (χ2n) is 6.02. The van der Waals surface area contributed by atoms with E-state index in [0.717, 1.165) is 25.0 Å². The molecule has 0 unspecified atom stereocenters. The third-order valence-corrected chi connectivity index (χ3v) is 5.48. The van der Waals surface area contributed by atoms with E-state index in [-0.39, 0.29) is 12.5 Å².